The molecule has 0 spiro atoms. The normalized spacial score (nSPS) is 10.5. The number of carbonyl (C=O) groups is 2. The largest absolute Gasteiger partial charge is 0.494 e. The van der Waals surface area contributed by atoms with Crippen LogP contribution in [0.4, 0.5) is 17.2 Å². The quantitative estimate of drug-likeness (QED) is 0.482. The van der Waals surface area contributed by atoms with Crippen molar-refractivity contribution < 1.29 is 19.4 Å². The van der Waals surface area contributed by atoms with Crippen LogP contribution >= 0.6 is 0 Å². The van der Waals surface area contributed by atoms with Gasteiger partial charge in [0.2, 0.25) is 0 Å². The molecule has 3 aromatic rings. The van der Waals surface area contributed by atoms with E-state index in [-0.39, 0.29) is 18.0 Å². The van der Waals surface area contributed by atoms with Crippen molar-refractivity contribution in [1.82, 2.24) is 19.7 Å². The number of ketones is 1. The maximum atomic E-state index is 12.4. The van der Waals surface area contributed by atoms with Gasteiger partial charge in [-0.1, -0.05) is 13.0 Å². The first-order valence-corrected chi connectivity index (χ1v) is 9.20. The van der Waals surface area contributed by atoms with E-state index in [2.05, 4.69) is 25.7 Å². The van der Waals surface area contributed by atoms with E-state index < -0.39 is 12.5 Å². The molecule has 0 saturated heterocycles. The molecule has 1 aromatic carbocycles. The van der Waals surface area contributed by atoms with E-state index in [1.165, 1.54) is 19.4 Å². The molecule has 0 aliphatic carbocycles. The van der Waals surface area contributed by atoms with E-state index in [4.69, 9.17) is 9.84 Å². The average Bonchev–Trinajstić information content (AvgIpc) is 3.19. The van der Waals surface area contributed by atoms with Gasteiger partial charge in [0, 0.05) is 25.7 Å². The van der Waals surface area contributed by atoms with E-state index in [1.807, 2.05) is 12.1 Å². The zero-order chi connectivity index (χ0) is 21.7. The Bertz CT molecular complexity index is 1080. The molecular formula is C20H22N6O4. The minimum atomic E-state index is -0.674. The van der Waals surface area contributed by atoms with Gasteiger partial charge < -0.3 is 20.5 Å². The van der Waals surface area contributed by atoms with Crippen molar-refractivity contribution in [2.75, 3.05) is 24.4 Å². The first-order chi connectivity index (χ1) is 14.5. The molecular weight excluding hydrogens is 388 g/mol. The molecule has 0 atom stereocenters. The second-order valence-electron chi connectivity index (χ2n) is 6.35. The highest BCUT2D eigenvalue weighted by Gasteiger charge is 2.18. The number of aliphatic hydroxyl groups excluding tert-OH is 1. The van der Waals surface area contributed by atoms with Gasteiger partial charge in [0.1, 0.15) is 18.8 Å². The van der Waals surface area contributed by atoms with Gasteiger partial charge in [-0.05, 0) is 12.1 Å². The number of hydrogen-bond acceptors (Lipinski definition) is 8. The van der Waals surface area contributed by atoms with Gasteiger partial charge in [-0.25, -0.2) is 9.97 Å². The number of aromatic nitrogens is 4. The number of amides is 1. The third kappa shape index (κ3) is 4.44. The number of aryl methyl sites for hydroxylation is 1. The summed E-state index contributed by atoms with van der Waals surface area (Å²) in [5.41, 5.74) is 2.06. The predicted molar refractivity (Wildman–Crippen MR) is 111 cm³/mol. The smallest absolute Gasteiger partial charge is 0.251 e. The summed E-state index contributed by atoms with van der Waals surface area (Å²) in [5.74, 6) is 0.464. The number of nitrogens with one attached hydrogen (secondary N) is 2. The van der Waals surface area contributed by atoms with Crippen molar-refractivity contribution in [3.63, 3.8) is 0 Å². The Balaban J connectivity index is 2.05. The molecule has 0 radical (unpaired) electrons. The standard InChI is InChI=1S/C20H22N6O4/c1-4-16(28)13-9-21-17(24-18(29)10-27)8-15(13)23-14-7-5-6-12(19(14)30-3)20-22-11-26(2)25-20/h5-9,11,27H,4,10H2,1-3H3,(H2,21,23,24,29). The second kappa shape index (κ2) is 9.14. The molecule has 0 unspecified atom stereocenters. The van der Waals surface area contributed by atoms with Crippen molar-refractivity contribution in [3.05, 3.63) is 42.4 Å². The van der Waals surface area contributed by atoms with Crippen molar-refractivity contribution >= 4 is 28.9 Å². The molecule has 10 heteroatoms. The minimum Gasteiger partial charge on any atom is -0.494 e. The number of anilines is 3. The summed E-state index contributed by atoms with van der Waals surface area (Å²) in [5, 5.41) is 18.9. The van der Waals surface area contributed by atoms with Gasteiger partial charge >= 0.3 is 0 Å². The number of methoxy groups -OCH3 is 1. The number of rotatable bonds is 8. The number of benzene rings is 1. The van der Waals surface area contributed by atoms with Gasteiger partial charge in [-0.2, -0.15) is 5.10 Å². The summed E-state index contributed by atoms with van der Waals surface area (Å²) in [6.07, 6.45) is 3.26. The molecule has 30 heavy (non-hydrogen) atoms. The zero-order valence-electron chi connectivity index (χ0n) is 16.8. The number of ether oxygens (including phenoxy) is 1. The lowest BCUT2D eigenvalue weighted by Crippen LogP contribution is -2.17. The number of nitrogens with zero attached hydrogens (tertiary/aromatic N) is 4. The summed E-state index contributed by atoms with van der Waals surface area (Å²) in [6, 6.07) is 6.96. The SMILES string of the molecule is CCC(=O)c1cnc(NC(=O)CO)cc1Nc1cccc(-c2ncn(C)n2)c1OC. The fraction of sp³-hybridized carbons (Fsp3) is 0.250. The van der Waals surface area contributed by atoms with Crippen molar-refractivity contribution in [2.24, 2.45) is 7.05 Å². The molecule has 0 saturated carbocycles. The number of para-hydroxylation sites is 1. The molecule has 2 heterocycles. The first kappa shape index (κ1) is 20.9. The Morgan fingerprint density at radius 3 is 2.67 bits per heavy atom. The Hall–Kier alpha value is -3.79. The topological polar surface area (TPSA) is 131 Å². The summed E-state index contributed by atoms with van der Waals surface area (Å²) in [6.45, 7) is 1.08. The Morgan fingerprint density at radius 1 is 1.23 bits per heavy atom. The summed E-state index contributed by atoms with van der Waals surface area (Å²) in [4.78, 5) is 32.3. The number of Topliss-reactive ketones (excluding diaryl/α,β-unsaturated/α-hetero) is 1. The van der Waals surface area contributed by atoms with Crippen LogP contribution in [0.5, 0.6) is 5.75 Å². The van der Waals surface area contributed by atoms with Crippen molar-refractivity contribution in [1.29, 1.82) is 0 Å². The molecule has 0 aliphatic heterocycles. The molecule has 1 amide bonds. The molecule has 3 rings (SSSR count). The van der Waals surface area contributed by atoms with Crippen LogP contribution < -0.4 is 15.4 Å². The lowest BCUT2D eigenvalue weighted by Gasteiger charge is -2.16. The van der Waals surface area contributed by atoms with E-state index in [0.717, 1.165) is 0 Å². The number of carbonyl (C=O) groups excluding carboxylic acids is 2. The Kier molecular flexibility index (Phi) is 6.38. The first-order valence-electron chi connectivity index (χ1n) is 9.20. The summed E-state index contributed by atoms with van der Waals surface area (Å²) >= 11 is 0. The van der Waals surface area contributed by atoms with Crippen LogP contribution in [0.1, 0.15) is 23.7 Å². The van der Waals surface area contributed by atoms with Crippen LogP contribution in [0.25, 0.3) is 11.4 Å². The fourth-order valence-corrected chi connectivity index (χ4v) is 2.86. The number of pyridine rings is 1. The van der Waals surface area contributed by atoms with E-state index in [0.29, 0.717) is 34.1 Å². The van der Waals surface area contributed by atoms with Crippen LogP contribution in [0, 0.1) is 0 Å². The fourth-order valence-electron chi connectivity index (χ4n) is 2.86. The Morgan fingerprint density at radius 2 is 2.03 bits per heavy atom. The number of hydrogen-bond donors (Lipinski definition) is 3. The average molecular weight is 410 g/mol. The highest BCUT2D eigenvalue weighted by molar-refractivity contribution is 6.02. The van der Waals surface area contributed by atoms with E-state index in [9.17, 15) is 9.59 Å². The lowest BCUT2D eigenvalue weighted by atomic mass is 10.1. The van der Waals surface area contributed by atoms with Crippen molar-refractivity contribution in [3.8, 4) is 17.1 Å². The summed E-state index contributed by atoms with van der Waals surface area (Å²) < 4.78 is 7.19. The van der Waals surface area contributed by atoms with Crippen molar-refractivity contribution in [2.45, 2.75) is 13.3 Å². The number of aliphatic hydroxyl groups is 1. The van der Waals surface area contributed by atoms with Gasteiger partial charge in [0.15, 0.2) is 17.4 Å². The van der Waals surface area contributed by atoms with Gasteiger partial charge in [0.05, 0.1) is 29.6 Å². The van der Waals surface area contributed by atoms with Crippen LogP contribution in [0.2, 0.25) is 0 Å². The van der Waals surface area contributed by atoms with E-state index in [1.54, 1.807) is 31.0 Å². The molecule has 10 nitrogen and oxygen atoms in total. The van der Waals surface area contributed by atoms with Gasteiger partial charge in [0.25, 0.3) is 5.91 Å². The van der Waals surface area contributed by atoms with Gasteiger partial charge in [-0.15, -0.1) is 0 Å². The van der Waals surface area contributed by atoms with Crippen LogP contribution in [0.15, 0.2) is 36.8 Å². The maximum Gasteiger partial charge on any atom is 0.251 e. The molecule has 3 N–H and O–H groups in total. The monoisotopic (exact) mass is 410 g/mol. The highest BCUT2D eigenvalue weighted by atomic mass is 16.5. The predicted octanol–water partition coefficient (Wildman–Crippen LogP) is 2.15. The maximum absolute atomic E-state index is 12.4. The molecule has 2 aromatic heterocycles. The molecule has 156 valence electrons. The van der Waals surface area contributed by atoms with Crippen LogP contribution in [0.3, 0.4) is 0 Å². The highest BCUT2D eigenvalue weighted by Crippen LogP contribution is 2.37. The van der Waals surface area contributed by atoms with E-state index >= 15 is 0 Å². The minimum absolute atomic E-state index is 0.119. The lowest BCUT2D eigenvalue weighted by molar-refractivity contribution is -0.118. The van der Waals surface area contributed by atoms with Crippen LogP contribution in [-0.4, -0.2) is 50.3 Å². The molecule has 0 aliphatic rings. The van der Waals surface area contributed by atoms with Gasteiger partial charge in [-0.3, -0.25) is 14.3 Å². The second-order valence-corrected chi connectivity index (χ2v) is 6.35. The third-order valence-corrected chi connectivity index (χ3v) is 4.27. The van der Waals surface area contributed by atoms with Crippen LogP contribution in [-0.2, 0) is 11.8 Å². The summed E-state index contributed by atoms with van der Waals surface area (Å²) in [7, 11) is 3.30. The molecule has 0 fully saturated rings. The zero-order valence-corrected chi connectivity index (χ0v) is 16.8. The molecule has 0 bridgehead atoms. The third-order valence-electron chi connectivity index (χ3n) is 4.27. The Labute approximate surface area is 172 Å².